The molecule has 0 fully saturated rings. The maximum atomic E-state index is 13.4. The largest absolute Gasteiger partial charge is 0.508 e. The molecule has 0 saturated heterocycles. The number of anilines is 1. The van der Waals surface area contributed by atoms with Gasteiger partial charge in [-0.15, -0.1) is 0 Å². The fourth-order valence-electron chi connectivity index (χ4n) is 1.48. The molecule has 2 aromatic rings. The number of hydrogen-bond acceptors (Lipinski definition) is 3. The molecule has 0 aliphatic rings. The van der Waals surface area contributed by atoms with Crippen molar-refractivity contribution in [1.29, 1.82) is 0 Å². The quantitative estimate of drug-likeness (QED) is 0.822. The van der Waals surface area contributed by atoms with Gasteiger partial charge in [0.25, 0.3) is 5.91 Å². The molecule has 1 aromatic carbocycles. The van der Waals surface area contributed by atoms with E-state index < -0.39 is 11.7 Å². The summed E-state index contributed by atoms with van der Waals surface area (Å²) in [5.74, 6) is -0.618. The lowest BCUT2D eigenvalue weighted by Gasteiger charge is -2.04. The molecule has 0 unspecified atom stereocenters. The molecule has 0 spiro atoms. The summed E-state index contributed by atoms with van der Waals surface area (Å²) in [6, 6.07) is 6.73. The van der Waals surface area contributed by atoms with Crippen LogP contribution < -0.4 is 5.32 Å². The Hall–Kier alpha value is -2.30. The van der Waals surface area contributed by atoms with Gasteiger partial charge >= 0.3 is 0 Å². The lowest BCUT2D eigenvalue weighted by molar-refractivity contribution is 0.0994. The van der Waals surface area contributed by atoms with Gasteiger partial charge in [-0.2, -0.15) is 0 Å². The van der Waals surface area contributed by atoms with E-state index in [1.807, 2.05) is 6.92 Å². The summed E-state index contributed by atoms with van der Waals surface area (Å²) in [4.78, 5) is 11.7. The Bertz CT molecular complexity index is 577. The Morgan fingerprint density at radius 3 is 2.78 bits per heavy atom. The summed E-state index contributed by atoms with van der Waals surface area (Å²) >= 11 is 0. The summed E-state index contributed by atoms with van der Waals surface area (Å²) < 4.78 is 18.6. The first-order valence-corrected chi connectivity index (χ1v) is 5.48. The van der Waals surface area contributed by atoms with E-state index in [0.717, 1.165) is 6.07 Å². The van der Waals surface area contributed by atoms with Crippen LogP contribution in [0.3, 0.4) is 0 Å². The van der Waals surface area contributed by atoms with Crippen LogP contribution in [-0.4, -0.2) is 11.0 Å². The van der Waals surface area contributed by atoms with Crippen LogP contribution in [0.2, 0.25) is 0 Å². The average Bonchev–Trinajstić information content (AvgIpc) is 2.81. The number of halogens is 1. The Morgan fingerprint density at radius 2 is 2.17 bits per heavy atom. The van der Waals surface area contributed by atoms with Crippen LogP contribution in [0, 0.1) is 5.82 Å². The van der Waals surface area contributed by atoms with Crippen LogP contribution in [-0.2, 0) is 6.42 Å². The number of furan rings is 1. The molecular weight excluding hydrogens is 237 g/mol. The van der Waals surface area contributed by atoms with E-state index in [2.05, 4.69) is 5.32 Å². The highest BCUT2D eigenvalue weighted by atomic mass is 19.1. The van der Waals surface area contributed by atoms with Gasteiger partial charge in [0.2, 0.25) is 0 Å². The zero-order valence-electron chi connectivity index (χ0n) is 9.74. The van der Waals surface area contributed by atoms with Crippen molar-refractivity contribution in [2.24, 2.45) is 0 Å². The predicted molar refractivity (Wildman–Crippen MR) is 64.1 cm³/mol. The van der Waals surface area contributed by atoms with Gasteiger partial charge in [-0.05, 0) is 24.3 Å². The lowest BCUT2D eigenvalue weighted by Crippen LogP contribution is -2.11. The molecule has 1 heterocycles. The lowest BCUT2D eigenvalue weighted by atomic mass is 10.3. The van der Waals surface area contributed by atoms with Crippen molar-refractivity contribution in [3.63, 3.8) is 0 Å². The van der Waals surface area contributed by atoms with Gasteiger partial charge in [0.1, 0.15) is 17.3 Å². The second-order valence-corrected chi connectivity index (χ2v) is 3.74. The molecular formula is C13H12FNO3. The molecule has 1 amide bonds. The Morgan fingerprint density at radius 1 is 1.39 bits per heavy atom. The molecule has 0 radical (unpaired) electrons. The number of carbonyl (C=O) groups excluding carboxylic acids is 1. The van der Waals surface area contributed by atoms with Crippen molar-refractivity contribution in [3.05, 3.63) is 47.7 Å². The van der Waals surface area contributed by atoms with Gasteiger partial charge < -0.3 is 14.8 Å². The van der Waals surface area contributed by atoms with Crippen molar-refractivity contribution >= 4 is 11.6 Å². The molecule has 2 rings (SSSR count). The van der Waals surface area contributed by atoms with Crippen molar-refractivity contribution in [1.82, 2.24) is 0 Å². The van der Waals surface area contributed by atoms with Crippen LogP contribution in [0.25, 0.3) is 0 Å². The third-order valence-corrected chi connectivity index (χ3v) is 2.43. The van der Waals surface area contributed by atoms with E-state index in [0.29, 0.717) is 12.2 Å². The number of carbonyl (C=O) groups is 1. The molecule has 5 heteroatoms. The summed E-state index contributed by atoms with van der Waals surface area (Å²) in [5.41, 5.74) is -0.00718. The Balaban J connectivity index is 2.16. The highest BCUT2D eigenvalue weighted by molar-refractivity contribution is 6.02. The number of aromatic hydroxyl groups is 1. The van der Waals surface area contributed by atoms with E-state index in [1.165, 1.54) is 18.2 Å². The third kappa shape index (κ3) is 2.51. The normalized spacial score (nSPS) is 10.3. The molecule has 0 saturated carbocycles. The number of benzene rings is 1. The smallest absolute Gasteiger partial charge is 0.291 e. The molecule has 0 bridgehead atoms. The maximum Gasteiger partial charge on any atom is 0.291 e. The summed E-state index contributed by atoms with van der Waals surface area (Å²) in [5, 5.41) is 11.4. The molecule has 0 aliphatic heterocycles. The number of rotatable bonds is 3. The zero-order valence-corrected chi connectivity index (χ0v) is 9.74. The van der Waals surface area contributed by atoms with E-state index in [4.69, 9.17) is 9.52 Å². The minimum absolute atomic E-state index is 0.00718. The second kappa shape index (κ2) is 4.91. The number of phenolic OH excluding ortho intramolecular Hbond substituents is 1. The Labute approximate surface area is 103 Å². The Kier molecular flexibility index (Phi) is 3.32. The van der Waals surface area contributed by atoms with Crippen molar-refractivity contribution < 1.29 is 18.7 Å². The number of phenols is 1. The van der Waals surface area contributed by atoms with Crippen molar-refractivity contribution in [2.45, 2.75) is 13.3 Å². The zero-order chi connectivity index (χ0) is 13.1. The van der Waals surface area contributed by atoms with Gasteiger partial charge in [-0.25, -0.2) is 4.39 Å². The van der Waals surface area contributed by atoms with Crippen molar-refractivity contribution in [3.8, 4) is 5.75 Å². The first-order chi connectivity index (χ1) is 8.60. The van der Waals surface area contributed by atoms with Gasteiger partial charge in [-0.3, -0.25) is 4.79 Å². The van der Waals surface area contributed by atoms with Crippen LogP contribution >= 0.6 is 0 Å². The highest BCUT2D eigenvalue weighted by Gasteiger charge is 2.13. The summed E-state index contributed by atoms with van der Waals surface area (Å²) in [7, 11) is 0. The van der Waals surface area contributed by atoms with E-state index in [9.17, 15) is 9.18 Å². The fraction of sp³-hybridized carbons (Fsp3) is 0.154. The molecule has 94 valence electrons. The van der Waals surface area contributed by atoms with Crippen LogP contribution in [0.1, 0.15) is 23.2 Å². The topological polar surface area (TPSA) is 62.5 Å². The minimum Gasteiger partial charge on any atom is -0.508 e. The van der Waals surface area contributed by atoms with Crippen LogP contribution in [0.15, 0.2) is 34.7 Å². The first kappa shape index (κ1) is 12.2. The number of hydrogen-bond donors (Lipinski definition) is 2. The average molecular weight is 249 g/mol. The van der Waals surface area contributed by atoms with Gasteiger partial charge in [0.05, 0.1) is 5.69 Å². The highest BCUT2D eigenvalue weighted by Crippen LogP contribution is 2.20. The molecule has 0 atom stereocenters. The summed E-state index contributed by atoms with van der Waals surface area (Å²) in [6.07, 6.45) is 0.681. The molecule has 18 heavy (non-hydrogen) atoms. The maximum absolute atomic E-state index is 13.4. The van der Waals surface area contributed by atoms with Gasteiger partial charge in [0, 0.05) is 12.5 Å². The van der Waals surface area contributed by atoms with E-state index in [-0.39, 0.29) is 17.2 Å². The van der Waals surface area contributed by atoms with E-state index in [1.54, 1.807) is 6.07 Å². The van der Waals surface area contributed by atoms with Gasteiger partial charge in [0.15, 0.2) is 5.76 Å². The number of aryl methyl sites for hydroxylation is 1. The number of amides is 1. The van der Waals surface area contributed by atoms with Crippen LogP contribution in [0.5, 0.6) is 5.75 Å². The van der Waals surface area contributed by atoms with Crippen molar-refractivity contribution in [2.75, 3.05) is 5.32 Å². The molecule has 0 aliphatic carbocycles. The second-order valence-electron chi connectivity index (χ2n) is 3.74. The first-order valence-electron chi connectivity index (χ1n) is 5.48. The monoisotopic (exact) mass is 249 g/mol. The number of nitrogens with one attached hydrogen (secondary N) is 1. The molecule has 1 aromatic heterocycles. The summed E-state index contributed by atoms with van der Waals surface area (Å²) in [6.45, 7) is 1.90. The fourth-order valence-corrected chi connectivity index (χ4v) is 1.48. The molecule has 2 N–H and O–H groups in total. The third-order valence-electron chi connectivity index (χ3n) is 2.43. The van der Waals surface area contributed by atoms with Crippen LogP contribution in [0.4, 0.5) is 10.1 Å². The standard InChI is InChI=1S/C13H12FNO3/c1-2-9-4-6-12(18-9)13(17)15-11-5-3-8(16)7-10(11)14/h3-7,16H,2H2,1H3,(H,15,17). The van der Waals surface area contributed by atoms with E-state index >= 15 is 0 Å². The van der Waals surface area contributed by atoms with Gasteiger partial charge in [-0.1, -0.05) is 6.92 Å². The predicted octanol–water partition coefficient (Wildman–Crippen LogP) is 2.94. The SMILES string of the molecule is CCc1ccc(C(=O)Nc2ccc(O)cc2F)o1. The molecule has 4 nitrogen and oxygen atoms in total. The minimum atomic E-state index is -0.703.